The molecule has 8 heteroatoms. The Labute approximate surface area is 111 Å². The zero-order valence-electron chi connectivity index (χ0n) is 11.0. The summed E-state index contributed by atoms with van der Waals surface area (Å²) in [6.07, 6.45) is 0.401. The highest BCUT2D eigenvalue weighted by Gasteiger charge is 2.53. The zero-order valence-corrected chi connectivity index (χ0v) is 11.8. The minimum atomic E-state index is -5.36. The lowest BCUT2D eigenvalue weighted by atomic mass is 10.0. The number of hydrogen-bond donors (Lipinski definition) is 1. The maximum atomic E-state index is 13.2. The zero-order chi connectivity index (χ0) is 15.1. The van der Waals surface area contributed by atoms with E-state index in [0.29, 0.717) is 6.42 Å². The number of rotatable bonds is 10. The van der Waals surface area contributed by atoms with Gasteiger partial charge < -0.3 is 9.84 Å². The SMILES string of the molecule is CCCCC(CC)COC(O)C(F)(F)S(=O)(=O)C=O. The molecule has 0 bridgehead atoms. The molecule has 0 aliphatic carbocycles. The van der Waals surface area contributed by atoms with E-state index in [1.165, 1.54) is 0 Å². The summed E-state index contributed by atoms with van der Waals surface area (Å²) >= 11 is 0. The van der Waals surface area contributed by atoms with Crippen LogP contribution in [0.1, 0.15) is 39.5 Å². The van der Waals surface area contributed by atoms with Gasteiger partial charge in [0.05, 0.1) is 6.61 Å². The molecule has 0 aliphatic rings. The van der Waals surface area contributed by atoms with Gasteiger partial charge in [0.1, 0.15) is 0 Å². The number of hydrogen-bond acceptors (Lipinski definition) is 5. The lowest BCUT2D eigenvalue weighted by molar-refractivity contribution is -0.200. The van der Waals surface area contributed by atoms with Crippen LogP contribution in [0.15, 0.2) is 0 Å². The summed E-state index contributed by atoms with van der Waals surface area (Å²) < 4.78 is 52.5. The van der Waals surface area contributed by atoms with Crippen LogP contribution in [0.2, 0.25) is 0 Å². The maximum Gasteiger partial charge on any atom is 0.401 e. The van der Waals surface area contributed by atoms with Gasteiger partial charge in [-0.25, -0.2) is 8.42 Å². The molecule has 2 unspecified atom stereocenters. The number of aliphatic hydroxyl groups excluding tert-OH is 1. The highest BCUT2D eigenvalue weighted by Crippen LogP contribution is 2.27. The first-order valence-electron chi connectivity index (χ1n) is 6.10. The monoisotopic (exact) mass is 302 g/mol. The van der Waals surface area contributed by atoms with Crippen LogP contribution in [0.25, 0.3) is 0 Å². The minimum Gasteiger partial charge on any atom is -0.362 e. The van der Waals surface area contributed by atoms with Crippen molar-refractivity contribution in [1.82, 2.24) is 0 Å². The van der Waals surface area contributed by atoms with Crippen molar-refractivity contribution in [2.75, 3.05) is 6.61 Å². The van der Waals surface area contributed by atoms with E-state index in [1.54, 1.807) is 0 Å². The molecule has 0 heterocycles. The third kappa shape index (κ3) is 5.12. The summed E-state index contributed by atoms with van der Waals surface area (Å²) in [5.41, 5.74) is -0.881. The van der Waals surface area contributed by atoms with Crippen molar-refractivity contribution in [2.24, 2.45) is 5.92 Å². The lowest BCUT2D eigenvalue weighted by Gasteiger charge is -2.22. The van der Waals surface area contributed by atoms with E-state index in [4.69, 9.17) is 5.11 Å². The van der Waals surface area contributed by atoms with E-state index in [-0.39, 0.29) is 12.5 Å². The van der Waals surface area contributed by atoms with Gasteiger partial charge in [0.15, 0.2) is 0 Å². The van der Waals surface area contributed by atoms with E-state index < -0.39 is 27.0 Å². The Kier molecular flexibility index (Phi) is 7.61. The average Bonchev–Trinajstić information content (AvgIpc) is 2.38. The topological polar surface area (TPSA) is 80.7 Å². The van der Waals surface area contributed by atoms with Gasteiger partial charge in [-0.1, -0.05) is 33.1 Å². The molecule has 19 heavy (non-hydrogen) atoms. The predicted molar refractivity (Wildman–Crippen MR) is 65.9 cm³/mol. The summed E-state index contributed by atoms with van der Waals surface area (Å²) in [6, 6.07) is 0. The molecule has 0 aromatic heterocycles. The van der Waals surface area contributed by atoms with Crippen LogP contribution >= 0.6 is 0 Å². The molecule has 1 N–H and O–H groups in total. The lowest BCUT2D eigenvalue weighted by Crippen LogP contribution is -2.44. The van der Waals surface area contributed by atoms with Gasteiger partial charge in [-0.05, 0) is 12.3 Å². The standard InChI is InChI=1S/C11H20F2O5S/c1-3-5-6-9(4-2)7-18-10(15)11(12,13)19(16,17)8-14/h8-10,15H,3-7H2,1-2H3. The molecule has 0 aromatic rings. The molecule has 0 aromatic carbocycles. The molecule has 2 atom stereocenters. The molecule has 0 saturated heterocycles. The number of carbonyl (C=O) groups excluding carboxylic acids is 1. The minimum absolute atomic E-state index is 0.0377. The highest BCUT2D eigenvalue weighted by molar-refractivity contribution is 8.05. The van der Waals surface area contributed by atoms with E-state index in [1.807, 2.05) is 13.8 Å². The normalized spacial score (nSPS) is 16.1. The summed E-state index contributed by atoms with van der Waals surface area (Å²) in [5, 5.41) is 4.48. The van der Waals surface area contributed by atoms with Crippen LogP contribution in [0.5, 0.6) is 0 Å². The predicted octanol–water partition coefficient (Wildman–Crippen LogP) is 1.74. The van der Waals surface area contributed by atoms with Gasteiger partial charge in [-0.3, -0.25) is 4.79 Å². The van der Waals surface area contributed by atoms with Crippen LogP contribution in [0.3, 0.4) is 0 Å². The Morgan fingerprint density at radius 3 is 2.37 bits per heavy atom. The smallest absolute Gasteiger partial charge is 0.362 e. The van der Waals surface area contributed by atoms with E-state index >= 15 is 0 Å². The second kappa shape index (κ2) is 7.86. The molecule has 0 spiro atoms. The Morgan fingerprint density at radius 1 is 1.37 bits per heavy atom. The number of unbranched alkanes of at least 4 members (excludes halogenated alkanes) is 1. The van der Waals surface area contributed by atoms with Crippen molar-refractivity contribution in [3.05, 3.63) is 0 Å². The van der Waals surface area contributed by atoms with E-state index in [0.717, 1.165) is 19.3 Å². The molecule has 0 radical (unpaired) electrons. The van der Waals surface area contributed by atoms with Gasteiger partial charge in [0.2, 0.25) is 11.9 Å². The molecule has 0 saturated carbocycles. The first-order chi connectivity index (χ1) is 8.72. The summed E-state index contributed by atoms with van der Waals surface area (Å²) in [6.45, 7) is 3.64. The maximum absolute atomic E-state index is 13.2. The Balaban J connectivity index is 4.52. The van der Waals surface area contributed by atoms with Gasteiger partial charge in [0.25, 0.3) is 9.84 Å². The van der Waals surface area contributed by atoms with Crippen LogP contribution in [0.4, 0.5) is 8.78 Å². The third-order valence-electron chi connectivity index (χ3n) is 2.83. The van der Waals surface area contributed by atoms with Crippen LogP contribution < -0.4 is 0 Å². The van der Waals surface area contributed by atoms with Gasteiger partial charge >= 0.3 is 5.25 Å². The van der Waals surface area contributed by atoms with E-state index in [9.17, 15) is 22.0 Å². The second-order valence-corrected chi connectivity index (χ2v) is 6.13. The fourth-order valence-electron chi connectivity index (χ4n) is 1.43. The van der Waals surface area contributed by atoms with Crippen molar-refractivity contribution in [3.63, 3.8) is 0 Å². The molecule has 0 aliphatic heterocycles. The molecule has 5 nitrogen and oxygen atoms in total. The Morgan fingerprint density at radius 2 is 1.95 bits per heavy atom. The molecular formula is C11H20F2O5S. The van der Waals surface area contributed by atoms with Crippen LogP contribution in [-0.4, -0.2) is 37.3 Å². The number of aliphatic hydroxyl groups is 1. The van der Waals surface area contributed by atoms with Gasteiger partial charge in [-0.15, -0.1) is 0 Å². The van der Waals surface area contributed by atoms with Crippen molar-refractivity contribution in [2.45, 2.75) is 51.1 Å². The van der Waals surface area contributed by atoms with Crippen molar-refractivity contribution >= 4 is 15.5 Å². The molecule has 114 valence electrons. The largest absolute Gasteiger partial charge is 0.401 e. The molecule has 0 rings (SSSR count). The van der Waals surface area contributed by atoms with Crippen LogP contribution in [0, 0.1) is 5.92 Å². The number of sulfone groups is 1. The van der Waals surface area contributed by atoms with Gasteiger partial charge in [-0.2, -0.15) is 8.78 Å². The van der Waals surface area contributed by atoms with Crippen molar-refractivity contribution in [3.8, 4) is 0 Å². The summed E-state index contributed by atoms with van der Waals surface area (Å²) in [7, 11) is -5.36. The quantitative estimate of drug-likeness (QED) is 0.491. The summed E-state index contributed by atoms with van der Waals surface area (Å²) in [4.78, 5) is 10.1. The third-order valence-corrected chi connectivity index (χ3v) is 4.04. The fraction of sp³-hybridized carbons (Fsp3) is 0.909. The molecule has 0 fully saturated rings. The summed E-state index contributed by atoms with van der Waals surface area (Å²) in [5.74, 6) is -0.0377. The number of ether oxygens (including phenoxy) is 1. The average molecular weight is 302 g/mol. The van der Waals surface area contributed by atoms with Crippen molar-refractivity contribution < 1.29 is 31.8 Å². The molecule has 0 amide bonds. The molecular weight excluding hydrogens is 282 g/mol. The van der Waals surface area contributed by atoms with Crippen molar-refractivity contribution in [1.29, 1.82) is 0 Å². The second-order valence-electron chi connectivity index (χ2n) is 4.31. The number of halogens is 2. The highest BCUT2D eigenvalue weighted by atomic mass is 32.2. The number of carbonyl (C=O) groups is 1. The number of alkyl halides is 2. The van der Waals surface area contributed by atoms with E-state index in [2.05, 4.69) is 4.74 Å². The fourth-order valence-corrected chi connectivity index (χ4v) is 1.90. The Bertz CT molecular complexity index is 369. The van der Waals surface area contributed by atoms with Gasteiger partial charge in [0, 0.05) is 0 Å². The first-order valence-corrected chi connectivity index (χ1v) is 7.64. The van der Waals surface area contributed by atoms with Crippen LogP contribution in [-0.2, 0) is 19.4 Å². The first kappa shape index (κ1) is 18.4. The Hall–Kier alpha value is -0.600.